The van der Waals surface area contributed by atoms with Gasteiger partial charge in [-0.3, -0.25) is 0 Å². The van der Waals surface area contributed by atoms with E-state index < -0.39 is 5.97 Å². The summed E-state index contributed by atoms with van der Waals surface area (Å²) < 4.78 is 5.66. The quantitative estimate of drug-likeness (QED) is 0.532. The van der Waals surface area contributed by atoms with E-state index in [4.69, 9.17) is 16.3 Å². The number of carboxylic acid groups (broad SMARTS) is 1. The fourth-order valence-corrected chi connectivity index (χ4v) is 1.98. The van der Waals surface area contributed by atoms with Crippen molar-refractivity contribution in [1.29, 1.82) is 0 Å². The van der Waals surface area contributed by atoms with Crippen LogP contribution in [0.1, 0.15) is 16.1 Å². The standard InChI is InChI=1S/C13H11ClN2O4/c1-7-3-8(10(13(17)18)6-16(7)19)9-4-12(14)15-5-11(9)20-2/h3-6H,1-2H3,(H,17,18). The minimum absolute atomic E-state index is 0.133. The predicted molar refractivity (Wildman–Crippen MR) is 71.9 cm³/mol. The molecule has 0 aliphatic rings. The second-order valence-electron chi connectivity index (χ2n) is 4.08. The molecule has 0 atom stereocenters. The molecule has 0 bridgehead atoms. The Morgan fingerprint density at radius 3 is 2.75 bits per heavy atom. The van der Waals surface area contributed by atoms with Crippen LogP contribution in [-0.2, 0) is 0 Å². The number of methoxy groups -OCH3 is 1. The van der Waals surface area contributed by atoms with Gasteiger partial charge in [-0.1, -0.05) is 11.6 Å². The SMILES string of the molecule is COc1cnc(Cl)cc1-c1cc(C)[n+]([O-])cc1C(=O)O. The Kier molecular flexibility index (Phi) is 3.76. The van der Waals surface area contributed by atoms with Crippen LogP contribution in [0.4, 0.5) is 0 Å². The smallest absolute Gasteiger partial charge is 0.342 e. The first kappa shape index (κ1) is 14.1. The molecule has 104 valence electrons. The number of carboxylic acids is 1. The minimum atomic E-state index is -1.21. The topological polar surface area (TPSA) is 86.4 Å². The van der Waals surface area contributed by atoms with Gasteiger partial charge in [0, 0.05) is 24.1 Å². The van der Waals surface area contributed by atoms with E-state index in [1.807, 2.05) is 0 Å². The van der Waals surface area contributed by atoms with E-state index in [2.05, 4.69) is 4.98 Å². The van der Waals surface area contributed by atoms with Gasteiger partial charge in [0.25, 0.3) is 0 Å². The molecule has 2 heterocycles. The van der Waals surface area contributed by atoms with Gasteiger partial charge in [0.05, 0.1) is 13.3 Å². The monoisotopic (exact) mass is 294 g/mol. The summed E-state index contributed by atoms with van der Waals surface area (Å²) in [6.45, 7) is 1.58. The molecule has 1 N–H and O–H groups in total. The number of aryl methyl sites for hydroxylation is 1. The van der Waals surface area contributed by atoms with Crippen LogP contribution in [0.3, 0.4) is 0 Å². The van der Waals surface area contributed by atoms with Crippen molar-refractivity contribution >= 4 is 17.6 Å². The summed E-state index contributed by atoms with van der Waals surface area (Å²) in [6.07, 6.45) is 2.41. The molecule has 0 aliphatic carbocycles. The van der Waals surface area contributed by atoms with Crippen molar-refractivity contribution in [2.45, 2.75) is 6.92 Å². The summed E-state index contributed by atoms with van der Waals surface area (Å²) in [6, 6.07) is 2.97. The van der Waals surface area contributed by atoms with Crippen molar-refractivity contribution in [3.63, 3.8) is 0 Å². The Balaban J connectivity index is 2.77. The molecule has 2 aromatic heterocycles. The van der Waals surface area contributed by atoms with Crippen molar-refractivity contribution in [3.05, 3.63) is 46.1 Å². The van der Waals surface area contributed by atoms with Crippen LogP contribution in [0.2, 0.25) is 5.15 Å². The minimum Gasteiger partial charge on any atom is -0.618 e. The van der Waals surface area contributed by atoms with Crippen LogP contribution < -0.4 is 9.47 Å². The number of rotatable bonds is 3. The van der Waals surface area contributed by atoms with E-state index in [1.54, 1.807) is 6.92 Å². The number of nitrogens with zero attached hydrogens (tertiary/aromatic N) is 2. The van der Waals surface area contributed by atoms with Crippen LogP contribution in [0, 0.1) is 12.1 Å². The number of pyridine rings is 2. The first-order valence-corrected chi connectivity index (χ1v) is 5.99. The van der Waals surface area contributed by atoms with E-state index in [9.17, 15) is 15.1 Å². The average Bonchev–Trinajstić information content (AvgIpc) is 2.41. The molecule has 0 amide bonds. The zero-order valence-electron chi connectivity index (χ0n) is 10.8. The summed E-state index contributed by atoms with van der Waals surface area (Å²) in [4.78, 5) is 15.2. The van der Waals surface area contributed by atoms with Gasteiger partial charge < -0.3 is 15.1 Å². The van der Waals surface area contributed by atoms with Gasteiger partial charge in [0.1, 0.15) is 16.5 Å². The normalized spacial score (nSPS) is 10.3. The zero-order chi connectivity index (χ0) is 14.9. The number of hydrogen-bond donors (Lipinski definition) is 1. The highest BCUT2D eigenvalue weighted by atomic mass is 35.5. The van der Waals surface area contributed by atoms with E-state index in [-0.39, 0.29) is 10.7 Å². The average molecular weight is 295 g/mol. The molecule has 0 spiro atoms. The van der Waals surface area contributed by atoms with Crippen LogP contribution >= 0.6 is 11.6 Å². The summed E-state index contributed by atoms with van der Waals surface area (Å²) >= 11 is 5.85. The number of ether oxygens (including phenoxy) is 1. The fourth-order valence-electron chi connectivity index (χ4n) is 1.82. The fraction of sp³-hybridized carbons (Fsp3) is 0.154. The molecule has 2 rings (SSSR count). The van der Waals surface area contributed by atoms with Crippen LogP contribution in [0.25, 0.3) is 11.1 Å². The van der Waals surface area contributed by atoms with Crippen LogP contribution in [0.5, 0.6) is 5.75 Å². The molecule has 0 saturated heterocycles. The molecular formula is C13H11ClN2O4. The van der Waals surface area contributed by atoms with Gasteiger partial charge in [0.2, 0.25) is 0 Å². The molecule has 0 aliphatic heterocycles. The Morgan fingerprint density at radius 1 is 1.45 bits per heavy atom. The summed E-state index contributed by atoms with van der Waals surface area (Å²) in [5, 5.41) is 21.0. The van der Waals surface area contributed by atoms with Gasteiger partial charge in [-0.15, -0.1) is 0 Å². The Morgan fingerprint density at radius 2 is 2.15 bits per heavy atom. The molecule has 0 radical (unpaired) electrons. The lowest BCUT2D eigenvalue weighted by molar-refractivity contribution is -0.612. The number of halogens is 1. The molecule has 6 nitrogen and oxygen atoms in total. The lowest BCUT2D eigenvalue weighted by Crippen LogP contribution is -2.31. The highest BCUT2D eigenvalue weighted by Gasteiger charge is 2.20. The maximum absolute atomic E-state index is 11.5. The largest absolute Gasteiger partial charge is 0.618 e. The second kappa shape index (κ2) is 5.34. The summed E-state index contributed by atoms with van der Waals surface area (Å²) in [7, 11) is 1.44. The molecule has 0 saturated carbocycles. The van der Waals surface area contributed by atoms with E-state index >= 15 is 0 Å². The van der Waals surface area contributed by atoms with E-state index in [0.29, 0.717) is 27.3 Å². The zero-order valence-corrected chi connectivity index (χ0v) is 11.5. The van der Waals surface area contributed by atoms with Crippen molar-refractivity contribution < 1.29 is 19.4 Å². The third-order valence-electron chi connectivity index (χ3n) is 2.81. The number of aromatic carboxylic acids is 1. The van der Waals surface area contributed by atoms with E-state index in [1.165, 1.54) is 25.4 Å². The molecule has 0 aromatic carbocycles. The molecule has 2 aromatic rings. The molecule has 0 fully saturated rings. The van der Waals surface area contributed by atoms with Crippen molar-refractivity contribution in [3.8, 4) is 16.9 Å². The lowest BCUT2D eigenvalue weighted by atomic mass is 10.0. The highest BCUT2D eigenvalue weighted by molar-refractivity contribution is 6.29. The number of carbonyl (C=O) groups is 1. The Bertz CT molecular complexity index is 688. The van der Waals surface area contributed by atoms with Gasteiger partial charge in [-0.05, 0) is 6.07 Å². The van der Waals surface area contributed by atoms with Gasteiger partial charge >= 0.3 is 5.97 Å². The number of hydrogen-bond acceptors (Lipinski definition) is 4. The third kappa shape index (κ3) is 2.50. The first-order chi connectivity index (χ1) is 9.43. The third-order valence-corrected chi connectivity index (χ3v) is 3.02. The summed E-state index contributed by atoms with van der Waals surface area (Å²) in [5.74, 6) is -0.834. The molecular weight excluding hydrogens is 284 g/mol. The Labute approximate surface area is 119 Å². The molecule has 7 heteroatoms. The van der Waals surface area contributed by atoms with Gasteiger partial charge in [-0.25, -0.2) is 9.78 Å². The second-order valence-corrected chi connectivity index (χ2v) is 4.47. The number of aromatic nitrogens is 2. The van der Waals surface area contributed by atoms with Crippen LogP contribution in [0.15, 0.2) is 24.5 Å². The predicted octanol–water partition coefficient (Wildman–Crippen LogP) is 2.05. The van der Waals surface area contributed by atoms with Crippen molar-refractivity contribution in [2.75, 3.05) is 7.11 Å². The van der Waals surface area contributed by atoms with Gasteiger partial charge in [-0.2, -0.15) is 4.73 Å². The van der Waals surface area contributed by atoms with E-state index in [0.717, 1.165) is 6.20 Å². The first-order valence-electron chi connectivity index (χ1n) is 5.61. The molecule has 20 heavy (non-hydrogen) atoms. The van der Waals surface area contributed by atoms with Crippen molar-refractivity contribution in [1.82, 2.24) is 4.98 Å². The van der Waals surface area contributed by atoms with Crippen LogP contribution in [-0.4, -0.2) is 23.2 Å². The highest BCUT2D eigenvalue weighted by Crippen LogP contribution is 2.33. The Hall–Kier alpha value is -2.34. The van der Waals surface area contributed by atoms with Gasteiger partial charge in [0.15, 0.2) is 11.9 Å². The maximum atomic E-state index is 11.5. The lowest BCUT2D eigenvalue weighted by Gasteiger charge is -2.12. The van der Waals surface area contributed by atoms with Crippen molar-refractivity contribution in [2.24, 2.45) is 0 Å². The molecule has 0 unspecified atom stereocenters. The maximum Gasteiger partial charge on any atom is 0.342 e. The summed E-state index contributed by atoms with van der Waals surface area (Å²) in [5.41, 5.74) is 1.04.